The van der Waals surface area contributed by atoms with Crippen LogP contribution in [0.5, 0.6) is 11.5 Å². The maximum Gasteiger partial charge on any atom is 0.131 e. The Labute approximate surface area is 474 Å². The van der Waals surface area contributed by atoms with E-state index in [2.05, 4.69) is 88.9 Å². The largest absolute Gasteiger partial charge is 0.457 e. The number of unbranched alkanes of at least 4 members (excludes halogenated alkanes) is 26. The highest BCUT2D eigenvalue weighted by Gasteiger charge is 2.28. The molecule has 428 valence electrons. The predicted molar refractivity (Wildman–Crippen MR) is 330 cm³/mol. The molecule has 2 saturated carbocycles. The minimum atomic E-state index is 0.474. The van der Waals surface area contributed by atoms with Crippen LogP contribution in [0, 0.1) is 11.8 Å². The summed E-state index contributed by atoms with van der Waals surface area (Å²) in [5.74, 6) is 6.57. The van der Waals surface area contributed by atoms with Crippen LogP contribution < -0.4 is 4.74 Å². The van der Waals surface area contributed by atoms with Gasteiger partial charge in [0.1, 0.15) is 23.1 Å². The Bertz CT molecular complexity index is 1930. The van der Waals surface area contributed by atoms with Crippen molar-refractivity contribution in [2.45, 2.75) is 322 Å². The van der Waals surface area contributed by atoms with E-state index in [4.69, 9.17) is 24.7 Å². The van der Waals surface area contributed by atoms with Gasteiger partial charge in [0.05, 0.1) is 0 Å². The second-order valence-corrected chi connectivity index (χ2v) is 24.9. The molecule has 2 aliphatic carbocycles. The summed E-state index contributed by atoms with van der Waals surface area (Å²) < 4.78 is 7.29. The zero-order chi connectivity index (χ0) is 53.8. The van der Waals surface area contributed by atoms with E-state index in [1.807, 2.05) is 0 Å². The Balaban J connectivity index is 1.09. The van der Waals surface area contributed by atoms with Gasteiger partial charge < -0.3 is 4.74 Å². The van der Waals surface area contributed by atoms with E-state index in [0.717, 1.165) is 61.7 Å². The third-order valence-corrected chi connectivity index (χ3v) is 18.1. The van der Waals surface area contributed by atoms with Gasteiger partial charge in [-0.1, -0.05) is 219 Å². The number of aromatic nitrogens is 4. The first kappa shape index (κ1) is 62.6. The minimum absolute atomic E-state index is 0.474. The van der Waals surface area contributed by atoms with Crippen molar-refractivity contribution in [3.63, 3.8) is 0 Å². The Morgan fingerprint density at radius 2 is 0.597 bits per heavy atom. The fraction of sp³-hybridized carbons (Fsp3) is 0.722. The molecule has 5 heteroatoms. The SMILES string of the molecule is CCCCCCCCCCc1ccc(Oc2ccc(CCCCCCCCCC)cc2C[C@H]2CC[C@H](c3ncc(CCCCCCCCC)cn3)CC2)c(C[C@H]2CC[C@H](c3ncc(CCCCCCCCC)cn3)CC2)c1. The number of ether oxygens (including phenoxy) is 1. The average molecular weight is 1050 g/mol. The topological polar surface area (TPSA) is 60.8 Å². The van der Waals surface area contributed by atoms with Crippen molar-refractivity contribution in [1.29, 1.82) is 0 Å². The first-order valence-corrected chi connectivity index (χ1v) is 33.6. The van der Waals surface area contributed by atoms with Crippen molar-refractivity contribution < 1.29 is 4.74 Å². The smallest absolute Gasteiger partial charge is 0.131 e. The second kappa shape index (κ2) is 38.9. The Hall–Kier alpha value is -3.60. The molecular formula is C72H114N4O. The highest BCUT2D eigenvalue weighted by atomic mass is 16.5. The van der Waals surface area contributed by atoms with Crippen LogP contribution in [0.4, 0.5) is 0 Å². The maximum atomic E-state index is 7.29. The Morgan fingerprint density at radius 1 is 0.325 bits per heavy atom. The van der Waals surface area contributed by atoms with Gasteiger partial charge in [0.25, 0.3) is 0 Å². The molecule has 0 atom stereocenters. The summed E-state index contributed by atoms with van der Waals surface area (Å²) in [6.45, 7) is 9.22. The molecule has 2 aromatic carbocycles. The number of hydrogen-bond acceptors (Lipinski definition) is 5. The molecule has 0 amide bonds. The zero-order valence-electron chi connectivity index (χ0n) is 50.4. The van der Waals surface area contributed by atoms with Gasteiger partial charge in [-0.2, -0.15) is 0 Å². The highest BCUT2D eigenvalue weighted by Crippen LogP contribution is 2.41. The lowest BCUT2D eigenvalue weighted by Gasteiger charge is -2.29. The molecule has 0 aliphatic heterocycles. The van der Waals surface area contributed by atoms with E-state index in [-0.39, 0.29) is 0 Å². The van der Waals surface area contributed by atoms with Crippen LogP contribution in [-0.2, 0) is 38.5 Å². The molecule has 4 aromatic rings. The normalized spacial score (nSPS) is 17.8. The van der Waals surface area contributed by atoms with Crippen molar-refractivity contribution in [2.24, 2.45) is 11.8 Å². The molecule has 2 heterocycles. The maximum absolute atomic E-state index is 7.29. The molecule has 77 heavy (non-hydrogen) atoms. The zero-order valence-corrected chi connectivity index (χ0v) is 50.4. The van der Waals surface area contributed by atoms with Crippen molar-refractivity contribution in [3.05, 3.63) is 106 Å². The third kappa shape index (κ3) is 24.8. The summed E-state index contributed by atoms with van der Waals surface area (Å²) in [5.41, 5.74) is 8.43. The lowest BCUT2D eigenvalue weighted by molar-refractivity contribution is 0.312. The van der Waals surface area contributed by atoms with Crippen LogP contribution >= 0.6 is 0 Å². The Morgan fingerprint density at radius 3 is 0.896 bits per heavy atom. The van der Waals surface area contributed by atoms with Crippen LogP contribution in [0.1, 0.15) is 329 Å². The van der Waals surface area contributed by atoms with Crippen molar-refractivity contribution in [3.8, 4) is 11.5 Å². The molecule has 0 unspecified atom stereocenters. The average Bonchev–Trinajstić information content (AvgIpc) is 3.46. The van der Waals surface area contributed by atoms with E-state index < -0.39 is 0 Å². The number of rotatable bonds is 42. The minimum Gasteiger partial charge on any atom is -0.457 e. The van der Waals surface area contributed by atoms with E-state index in [1.165, 1.54) is 277 Å². The monoisotopic (exact) mass is 1050 g/mol. The van der Waals surface area contributed by atoms with Gasteiger partial charge in [-0.3, -0.25) is 0 Å². The van der Waals surface area contributed by atoms with Crippen LogP contribution in [0.25, 0.3) is 0 Å². The molecule has 0 spiro atoms. The van der Waals surface area contributed by atoms with Crippen LogP contribution in [0.3, 0.4) is 0 Å². The summed E-state index contributed by atoms with van der Waals surface area (Å²) in [6, 6.07) is 14.6. The molecule has 2 fully saturated rings. The van der Waals surface area contributed by atoms with Crippen molar-refractivity contribution in [1.82, 2.24) is 19.9 Å². The lowest BCUT2D eigenvalue weighted by Crippen LogP contribution is -2.18. The van der Waals surface area contributed by atoms with Crippen LogP contribution in [0.2, 0.25) is 0 Å². The molecule has 2 aliphatic rings. The second-order valence-electron chi connectivity index (χ2n) is 24.9. The van der Waals surface area contributed by atoms with Crippen LogP contribution in [0.15, 0.2) is 61.2 Å². The van der Waals surface area contributed by atoms with E-state index in [0.29, 0.717) is 23.7 Å². The van der Waals surface area contributed by atoms with Gasteiger partial charge in [-0.15, -0.1) is 0 Å². The fourth-order valence-electron chi connectivity index (χ4n) is 13.0. The van der Waals surface area contributed by atoms with Gasteiger partial charge in [-0.25, -0.2) is 19.9 Å². The molecular weight excluding hydrogens is 937 g/mol. The molecule has 0 N–H and O–H groups in total. The Kier molecular flexibility index (Phi) is 31.6. The summed E-state index contributed by atoms with van der Waals surface area (Å²) in [5, 5.41) is 0. The van der Waals surface area contributed by atoms with Crippen molar-refractivity contribution in [2.75, 3.05) is 0 Å². The molecule has 6 rings (SSSR count). The molecule has 0 radical (unpaired) electrons. The number of hydrogen-bond donors (Lipinski definition) is 0. The summed E-state index contributed by atoms with van der Waals surface area (Å²) in [7, 11) is 0. The number of nitrogens with zero attached hydrogens (tertiary/aromatic N) is 4. The molecule has 0 saturated heterocycles. The van der Waals surface area contributed by atoms with E-state index in [1.54, 1.807) is 0 Å². The molecule has 2 aromatic heterocycles. The summed E-state index contributed by atoms with van der Waals surface area (Å²) in [6.07, 6.45) is 65.5. The van der Waals surface area contributed by atoms with Gasteiger partial charge >= 0.3 is 0 Å². The molecule has 5 nitrogen and oxygen atoms in total. The molecule has 0 bridgehead atoms. The van der Waals surface area contributed by atoms with Crippen LogP contribution in [-0.4, -0.2) is 19.9 Å². The fourth-order valence-corrected chi connectivity index (χ4v) is 13.0. The van der Waals surface area contributed by atoms with Gasteiger partial charge in [0.15, 0.2) is 0 Å². The van der Waals surface area contributed by atoms with Gasteiger partial charge in [-0.05, 0) is 173 Å². The highest BCUT2D eigenvalue weighted by molar-refractivity contribution is 5.45. The summed E-state index contributed by atoms with van der Waals surface area (Å²) >= 11 is 0. The van der Waals surface area contributed by atoms with E-state index in [9.17, 15) is 0 Å². The third-order valence-electron chi connectivity index (χ3n) is 18.1. The standard InChI is InChI=1S/C72H114N4O/c1-5-9-13-17-21-25-27-31-35-59-43-49-69(67(51-59)53-61-39-45-65(46-40-61)71-73-55-63(56-74-71)37-33-29-23-19-15-11-7-3)77-70-50-44-60(36-32-28-26-22-18-14-10-6-2)52-68(70)54-62-41-47-66(48-42-62)72-75-57-64(58-76-72)38-34-30-24-20-16-12-8-4/h43-44,49-52,55-58,61-62,65-66H,5-42,45-48,53-54H2,1-4H3/t61-,62-,65-,66-. The van der Waals surface area contributed by atoms with Crippen molar-refractivity contribution >= 4 is 0 Å². The van der Waals surface area contributed by atoms with Gasteiger partial charge in [0, 0.05) is 36.6 Å². The van der Waals surface area contributed by atoms with Gasteiger partial charge in [0.2, 0.25) is 0 Å². The summed E-state index contributed by atoms with van der Waals surface area (Å²) in [4.78, 5) is 19.9. The van der Waals surface area contributed by atoms with E-state index >= 15 is 0 Å². The lowest BCUT2D eigenvalue weighted by atomic mass is 9.78. The number of benzene rings is 2. The quantitative estimate of drug-likeness (QED) is 0.0414. The predicted octanol–water partition coefficient (Wildman–Crippen LogP) is 22.0. The first-order chi connectivity index (χ1) is 38.0. The first-order valence-electron chi connectivity index (χ1n) is 33.6. The number of aryl methyl sites for hydroxylation is 4.